The first-order chi connectivity index (χ1) is 9.15. The average molecular weight is 292 g/mol. The van der Waals surface area contributed by atoms with Crippen LogP contribution in [0.2, 0.25) is 0 Å². The SMILES string of the molecule is CC(=O)OC[C@H](O)C#Cc1ccc(-c2cccs2)s1. The maximum atomic E-state index is 10.6. The molecule has 0 saturated carbocycles. The van der Waals surface area contributed by atoms with Gasteiger partial charge < -0.3 is 9.84 Å². The minimum atomic E-state index is -0.948. The molecule has 19 heavy (non-hydrogen) atoms. The van der Waals surface area contributed by atoms with Gasteiger partial charge in [0.15, 0.2) is 0 Å². The van der Waals surface area contributed by atoms with Crippen LogP contribution in [-0.4, -0.2) is 23.8 Å². The van der Waals surface area contributed by atoms with Crippen LogP contribution in [0.5, 0.6) is 0 Å². The third kappa shape index (κ3) is 4.21. The summed E-state index contributed by atoms with van der Waals surface area (Å²) in [6.07, 6.45) is -0.948. The third-order valence-electron chi connectivity index (χ3n) is 2.18. The molecular formula is C14H12O3S2. The highest BCUT2D eigenvalue weighted by molar-refractivity contribution is 7.21. The number of thiophene rings is 2. The zero-order valence-corrected chi connectivity index (χ0v) is 11.9. The first-order valence-corrected chi connectivity index (χ1v) is 7.31. The Kier molecular flexibility index (Phi) is 4.74. The summed E-state index contributed by atoms with van der Waals surface area (Å²) in [5, 5.41) is 11.5. The summed E-state index contributed by atoms with van der Waals surface area (Å²) in [5.41, 5.74) is 0. The molecule has 0 aliphatic heterocycles. The van der Waals surface area contributed by atoms with E-state index in [0.717, 1.165) is 9.75 Å². The van der Waals surface area contributed by atoms with Crippen molar-refractivity contribution < 1.29 is 14.6 Å². The smallest absolute Gasteiger partial charge is 0.302 e. The van der Waals surface area contributed by atoms with E-state index in [-0.39, 0.29) is 6.61 Å². The van der Waals surface area contributed by atoms with Crippen molar-refractivity contribution in [1.82, 2.24) is 0 Å². The molecule has 1 atom stereocenters. The number of carbonyl (C=O) groups excluding carboxylic acids is 1. The molecule has 3 nitrogen and oxygen atoms in total. The Morgan fingerprint density at radius 1 is 1.42 bits per heavy atom. The molecule has 0 amide bonds. The van der Waals surface area contributed by atoms with Gasteiger partial charge in [0.05, 0.1) is 4.88 Å². The molecule has 0 aromatic carbocycles. The highest BCUT2D eigenvalue weighted by Crippen LogP contribution is 2.30. The minimum absolute atomic E-state index is 0.0918. The van der Waals surface area contributed by atoms with Gasteiger partial charge in [0, 0.05) is 16.7 Å². The molecule has 2 aromatic heterocycles. The number of rotatable bonds is 3. The second kappa shape index (κ2) is 6.53. The van der Waals surface area contributed by atoms with Crippen molar-refractivity contribution in [1.29, 1.82) is 0 Å². The van der Waals surface area contributed by atoms with Gasteiger partial charge in [0.25, 0.3) is 0 Å². The molecular weight excluding hydrogens is 280 g/mol. The van der Waals surface area contributed by atoms with Crippen molar-refractivity contribution in [2.45, 2.75) is 13.0 Å². The third-order valence-corrected chi connectivity index (χ3v) is 4.24. The minimum Gasteiger partial charge on any atom is -0.462 e. The molecule has 0 saturated heterocycles. The standard InChI is InChI=1S/C14H12O3S2/c1-10(15)17-9-11(16)4-5-12-6-7-14(19-12)13-3-2-8-18-13/h2-3,6-8,11,16H,9H2,1H3/t11-/m1/s1. The molecule has 0 fully saturated rings. The van der Waals surface area contributed by atoms with Crippen molar-refractivity contribution in [3.05, 3.63) is 34.5 Å². The van der Waals surface area contributed by atoms with Crippen LogP contribution < -0.4 is 0 Å². The molecule has 98 valence electrons. The normalized spacial score (nSPS) is 11.5. The summed E-state index contributed by atoms with van der Waals surface area (Å²) in [6.45, 7) is 1.21. The molecule has 0 radical (unpaired) electrons. The molecule has 0 aliphatic rings. The number of esters is 1. The summed E-state index contributed by atoms with van der Waals surface area (Å²) in [6, 6.07) is 8.00. The summed E-state index contributed by atoms with van der Waals surface area (Å²) in [7, 11) is 0. The summed E-state index contributed by atoms with van der Waals surface area (Å²) >= 11 is 3.26. The van der Waals surface area contributed by atoms with Gasteiger partial charge in [-0.05, 0) is 23.6 Å². The van der Waals surface area contributed by atoms with E-state index in [4.69, 9.17) is 0 Å². The van der Waals surface area contributed by atoms with E-state index in [9.17, 15) is 9.90 Å². The van der Waals surface area contributed by atoms with Gasteiger partial charge in [-0.15, -0.1) is 22.7 Å². The van der Waals surface area contributed by atoms with Crippen LogP contribution in [-0.2, 0) is 9.53 Å². The molecule has 5 heteroatoms. The van der Waals surface area contributed by atoms with Crippen molar-refractivity contribution in [2.75, 3.05) is 6.61 Å². The van der Waals surface area contributed by atoms with E-state index < -0.39 is 12.1 Å². The fourth-order valence-electron chi connectivity index (χ4n) is 1.35. The first kappa shape index (κ1) is 13.8. The van der Waals surface area contributed by atoms with E-state index >= 15 is 0 Å². The summed E-state index contributed by atoms with van der Waals surface area (Å²) < 4.78 is 4.67. The van der Waals surface area contributed by atoms with Gasteiger partial charge >= 0.3 is 5.97 Å². The Morgan fingerprint density at radius 3 is 2.95 bits per heavy atom. The Hall–Kier alpha value is -1.61. The van der Waals surface area contributed by atoms with Crippen LogP contribution in [0.15, 0.2) is 29.6 Å². The number of carbonyl (C=O) groups is 1. The molecule has 0 unspecified atom stereocenters. The maximum Gasteiger partial charge on any atom is 0.302 e. The van der Waals surface area contributed by atoms with Crippen LogP contribution >= 0.6 is 22.7 Å². The van der Waals surface area contributed by atoms with Crippen LogP contribution in [0.25, 0.3) is 9.75 Å². The Morgan fingerprint density at radius 2 is 2.26 bits per heavy atom. The van der Waals surface area contributed by atoms with Crippen LogP contribution in [0, 0.1) is 11.8 Å². The highest BCUT2D eigenvalue weighted by Gasteiger charge is 2.03. The van der Waals surface area contributed by atoms with Gasteiger partial charge in [-0.25, -0.2) is 0 Å². The first-order valence-electron chi connectivity index (χ1n) is 5.62. The van der Waals surface area contributed by atoms with E-state index in [1.807, 2.05) is 23.6 Å². The number of aliphatic hydroxyl groups excluding tert-OH is 1. The number of ether oxygens (including phenoxy) is 1. The van der Waals surface area contributed by atoms with Gasteiger partial charge in [-0.2, -0.15) is 0 Å². The summed E-state index contributed by atoms with van der Waals surface area (Å²) in [5.74, 6) is 5.12. The molecule has 1 N–H and O–H groups in total. The Balaban J connectivity index is 1.99. The van der Waals surface area contributed by atoms with Gasteiger partial charge in [0.1, 0.15) is 12.7 Å². The number of hydrogen-bond acceptors (Lipinski definition) is 5. The molecule has 2 heterocycles. The van der Waals surface area contributed by atoms with Gasteiger partial charge in [-0.3, -0.25) is 4.79 Å². The lowest BCUT2D eigenvalue weighted by molar-refractivity contribution is -0.142. The van der Waals surface area contributed by atoms with E-state index in [0.29, 0.717) is 0 Å². The molecule has 0 spiro atoms. The maximum absolute atomic E-state index is 10.6. The number of aliphatic hydroxyl groups is 1. The lowest BCUT2D eigenvalue weighted by Crippen LogP contribution is -2.14. The summed E-state index contributed by atoms with van der Waals surface area (Å²) in [4.78, 5) is 13.8. The lowest BCUT2D eigenvalue weighted by atomic mass is 10.3. The lowest BCUT2D eigenvalue weighted by Gasteiger charge is -2.02. The quantitative estimate of drug-likeness (QED) is 0.699. The van der Waals surface area contributed by atoms with Crippen molar-refractivity contribution >= 4 is 28.6 Å². The second-order valence-corrected chi connectivity index (χ2v) is 5.76. The van der Waals surface area contributed by atoms with Crippen molar-refractivity contribution in [2.24, 2.45) is 0 Å². The van der Waals surface area contributed by atoms with E-state index in [2.05, 4.69) is 22.6 Å². The zero-order valence-electron chi connectivity index (χ0n) is 10.3. The predicted molar refractivity (Wildman–Crippen MR) is 77.1 cm³/mol. The highest BCUT2D eigenvalue weighted by atomic mass is 32.1. The average Bonchev–Trinajstić information content (AvgIpc) is 3.03. The Labute approximate surface area is 119 Å². The van der Waals surface area contributed by atoms with Crippen LogP contribution in [0.3, 0.4) is 0 Å². The van der Waals surface area contributed by atoms with Crippen LogP contribution in [0.4, 0.5) is 0 Å². The largest absolute Gasteiger partial charge is 0.462 e. The Bertz CT molecular complexity index is 602. The molecule has 0 bridgehead atoms. The molecule has 2 aromatic rings. The second-order valence-electron chi connectivity index (χ2n) is 3.73. The zero-order chi connectivity index (χ0) is 13.7. The van der Waals surface area contributed by atoms with Crippen molar-refractivity contribution in [3.8, 4) is 21.6 Å². The van der Waals surface area contributed by atoms with E-state index in [1.54, 1.807) is 22.7 Å². The van der Waals surface area contributed by atoms with Crippen LogP contribution in [0.1, 0.15) is 11.8 Å². The van der Waals surface area contributed by atoms with Crippen molar-refractivity contribution in [3.63, 3.8) is 0 Å². The van der Waals surface area contributed by atoms with Gasteiger partial charge in [-0.1, -0.05) is 17.9 Å². The fraction of sp³-hybridized carbons (Fsp3) is 0.214. The van der Waals surface area contributed by atoms with E-state index in [1.165, 1.54) is 11.8 Å². The molecule has 2 rings (SSSR count). The topological polar surface area (TPSA) is 46.5 Å². The monoisotopic (exact) mass is 292 g/mol. The predicted octanol–water partition coefficient (Wildman–Crippen LogP) is 2.75. The fourth-order valence-corrected chi connectivity index (χ4v) is 3.05. The van der Waals surface area contributed by atoms with Gasteiger partial charge in [0.2, 0.25) is 0 Å². The number of hydrogen-bond donors (Lipinski definition) is 1. The molecule has 0 aliphatic carbocycles.